The molecule has 1 fully saturated rings. The molecular weight excluding hydrogens is 249 g/mol. The SMILES string of the molecule is NC(=O)c1ccccc1C(=O)C1CCC(=O)C(F)C1. The predicted molar refractivity (Wildman–Crippen MR) is 66.5 cm³/mol. The fourth-order valence-electron chi connectivity index (χ4n) is 2.34. The number of hydrogen-bond donors (Lipinski definition) is 1. The molecule has 0 aromatic heterocycles. The molecule has 4 nitrogen and oxygen atoms in total. The van der Waals surface area contributed by atoms with Crippen LogP contribution in [0.1, 0.15) is 40.0 Å². The maximum Gasteiger partial charge on any atom is 0.249 e. The van der Waals surface area contributed by atoms with Crippen molar-refractivity contribution < 1.29 is 18.8 Å². The lowest BCUT2D eigenvalue weighted by Gasteiger charge is -2.23. The minimum absolute atomic E-state index is 0.0658. The summed E-state index contributed by atoms with van der Waals surface area (Å²) in [6.45, 7) is 0. The molecule has 5 heteroatoms. The summed E-state index contributed by atoms with van der Waals surface area (Å²) in [6.07, 6.45) is -1.30. The second kappa shape index (κ2) is 5.30. The largest absolute Gasteiger partial charge is 0.366 e. The van der Waals surface area contributed by atoms with Crippen LogP contribution < -0.4 is 5.73 Å². The van der Waals surface area contributed by atoms with Crippen LogP contribution in [0.3, 0.4) is 0 Å². The normalized spacial score (nSPS) is 23.1. The smallest absolute Gasteiger partial charge is 0.249 e. The summed E-state index contributed by atoms with van der Waals surface area (Å²) in [4.78, 5) is 34.7. The van der Waals surface area contributed by atoms with Crippen molar-refractivity contribution in [1.29, 1.82) is 0 Å². The molecule has 0 bridgehead atoms. The van der Waals surface area contributed by atoms with Gasteiger partial charge in [0.15, 0.2) is 17.7 Å². The summed E-state index contributed by atoms with van der Waals surface area (Å²) in [7, 11) is 0. The highest BCUT2D eigenvalue weighted by Crippen LogP contribution is 2.28. The van der Waals surface area contributed by atoms with Crippen molar-refractivity contribution in [2.75, 3.05) is 0 Å². The molecule has 19 heavy (non-hydrogen) atoms. The number of carbonyl (C=O) groups is 3. The van der Waals surface area contributed by atoms with Crippen LogP contribution in [0.25, 0.3) is 0 Å². The van der Waals surface area contributed by atoms with Crippen molar-refractivity contribution in [3.8, 4) is 0 Å². The molecule has 100 valence electrons. The van der Waals surface area contributed by atoms with Gasteiger partial charge in [0.2, 0.25) is 5.91 Å². The van der Waals surface area contributed by atoms with Gasteiger partial charge in [-0.3, -0.25) is 14.4 Å². The van der Waals surface area contributed by atoms with E-state index in [-0.39, 0.29) is 29.8 Å². The van der Waals surface area contributed by atoms with Crippen LogP contribution in [0.4, 0.5) is 4.39 Å². The molecule has 1 saturated carbocycles. The topological polar surface area (TPSA) is 77.2 Å². The standard InChI is InChI=1S/C14H14FNO3/c15-11-7-8(5-6-12(11)17)13(18)9-3-1-2-4-10(9)14(16)19/h1-4,8,11H,5-7H2,(H2,16,19). The zero-order chi connectivity index (χ0) is 14.0. The Balaban J connectivity index is 2.25. The Morgan fingerprint density at radius 2 is 1.84 bits per heavy atom. The lowest BCUT2D eigenvalue weighted by molar-refractivity contribution is -0.126. The molecule has 0 aliphatic heterocycles. The lowest BCUT2D eigenvalue weighted by Crippen LogP contribution is -2.31. The Kier molecular flexibility index (Phi) is 3.74. The third-order valence-electron chi connectivity index (χ3n) is 3.41. The van der Waals surface area contributed by atoms with Gasteiger partial charge in [0.1, 0.15) is 0 Å². The maximum atomic E-state index is 13.4. The molecule has 1 aromatic carbocycles. The molecule has 2 unspecified atom stereocenters. The van der Waals surface area contributed by atoms with Gasteiger partial charge < -0.3 is 5.73 Å². The first kappa shape index (κ1) is 13.4. The van der Waals surface area contributed by atoms with Crippen molar-refractivity contribution in [2.24, 2.45) is 11.7 Å². The Hall–Kier alpha value is -2.04. The Bertz CT molecular complexity index is 541. The number of carbonyl (C=O) groups excluding carboxylic acids is 3. The van der Waals surface area contributed by atoms with Gasteiger partial charge in [-0.2, -0.15) is 0 Å². The van der Waals surface area contributed by atoms with E-state index in [0.29, 0.717) is 6.42 Å². The number of amides is 1. The Labute approximate surface area is 109 Å². The first-order chi connectivity index (χ1) is 9.00. The van der Waals surface area contributed by atoms with E-state index in [2.05, 4.69) is 0 Å². The molecule has 1 aliphatic carbocycles. The fraction of sp³-hybridized carbons (Fsp3) is 0.357. The van der Waals surface area contributed by atoms with Crippen LogP contribution >= 0.6 is 0 Å². The van der Waals surface area contributed by atoms with Gasteiger partial charge in [0.25, 0.3) is 0 Å². The quantitative estimate of drug-likeness (QED) is 0.843. The van der Waals surface area contributed by atoms with E-state index >= 15 is 0 Å². The van der Waals surface area contributed by atoms with Crippen molar-refractivity contribution >= 4 is 17.5 Å². The number of halogens is 1. The van der Waals surface area contributed by atoms with E-state index in [1.807, 2.05) is 0 Å². The van der Waals surface area contributed by atoms with Gasteiger partial charge in [-0.25, -0.2) is 4.39 Å². The predicted octanol–water partition coefficient (Wildman–Crippen LogP) is 1.68. The van der Waals surface area contributed by atoms with Crippen LogP contribution in [0.5, 0.6) is 0 Å². The van der Waals surface area contributed by atoms with Gasteiger partial charge in [-0.05, 0) is 18.9 Å². The van der Waals surface area contributed by atoms with E-state index in [4.69, 9.17) is 5.73 Å². The van der Waals surface area contributed by atoms with Crippen LogP contribution in [0.15, 0.2) is 24.3 Å². The van der Waals surface area contributed by atoms with Gasteiger partial charge in [0, 0.05) is 23.5 Å². The number of nitrogens with two attached hydrogens (primary N) is 1. The highest BCUT2D eigenvalue weighted by Gasteiger charge is 2.33. The maximum absolute atomic E-state index is 13.4. The van der Waals surface area contributed by atoms with E-state index in [0.717, 1.165) is 0 Å². The summed E-state index contributed by atoms with van der Waals surface area (Å²) in [5, 5.41) is 0. The molecule has 2 N–H and O–H groups in total. The number of Topliss-reactive ketones (excluding diaryl/α,β-unsaturated/α-hetero) is 2. The minimum Gasteiger partial charge on any atom is -0.366 e. The van der Waals surface area contributed by atoms with Gasteiger partial charge in [-0.1, -0.05) is 18.2 Å². The Morgan fingerprint density at radius 3 is 2.42 bits per heavy atom. The van der Waals surface area contributed by atoms with Crippen molar-refractivity contribution in [3.05, 3.63) is 35.4 Å². The fourth-order valence-corrected chi connectivity index (χ4v) is 2.34. The molecule has 1 amide bonds. The summed E-state index contributed by atoms with van der Waals surface area (Å²) >= 11 is 0. The molecule has 0 spiro atoms. The summed E-state index contributed by atoms with van der Waals surface area (Å²) in [5.41, 5.74) is 5.56. The zero-order valence-electron chi connectivity index (χ0n) is 10.3. The number of primary amides is 1. The molecular formula is C14H14FNO3. The van der Waals surface area contributed by atoms with Crippen LogP contribution in [0.2, 0.25) is 0 Å². The van der Waals surface area contributed by atoms with E-state index in [1.165, 1.54) is 12.1 Å². The van der Waals surface area contributed by atoms with Crippen LogP contribution in [0, 0.1) is 5.92 Å². The van der Waals surface area contributed by atoms with Crippen molar-refractivity contribution in [3.63, 3.8) is 0 Å². The van der Waals surface area contributed by atoms with Gasteiger partial charge in [-0.15, -0.1) is 0 Å². The summed E-state index contributed by atoms with van der Waals surface area (Å²) in [6, 6.07) is 6.21. The average Bonchev–Trinajstić information content (AvgIpc) is 2.41. The lowest BCUT2D eigenvalue weighted by atomic mass is 9.81. The highest BCUT2D eigenvalue weighted by molar-refractivity contribution is 6.08. The van der Waals surface area contributed by atoms with Gasteiger partial charge in [0.05, 0.1) is 0 Å². The molecule has 0 heterocycles. The summed E-state index contributed by atoms with van der Waals surface area (Å²) in [5.74, 6) is -2.02. The monoisotopic (exact) mass is 263 g/mol. The molecule has 1 aliphatic rings. The van der Waals surface area contributed by atoms with Crippen molar-refractivity contribution in [2.45, 2.75) is 25.4 Å². The molecule has 0 radical (unpaired) electrons. The number of rotatable bonds is 3. The third kappa shape index (κ3) is 2.70. The van der Waals surface area contributed by atoms with E-state index < -0.39 is 23.8 Å². The first-order valence-corrected chi connectivity index (χ1v) is 6.10. The average molecular weight is 263 g/mol. The minimum atomic E-state index is -1.58. The van der Waals surface area contributed by atoms with Crippen LogP contribution in [-0.2, 0) is 4.79 Å². The third-order valence-corrected chi connectivity index (χ3v) is 3.41. The number of alkyl halides is 1. The highest BCUT2D eigenvalue weighted by atomic mass is 19.1. The number of ketones is 2. The number of benzene rings is 1. The van der Waals surface area contributed by atoms with E-state index in [9.17, 15) is 18.8 Å². The zero-order valence-corrected chi connectivity index (χ0v) is 10.3. The van der Waals surface area contributed by atoms with Crippen molar-refractivity contribution in [1.82, 2.24) is 0 Å². The number of hydrogen-bond acceptors (Lipinski definition) is 3. The molecule has 1 aromatic rings. The van der Waals surface area contributed by atoms with E-state index in [1.54, 1.807) is 12.1 Å². The molecule has 0 saturated heterocycles. The first-order valence-electron chi connectivity index (χ1n) is 6.10. The summed E-state index contributed by atoms with van der Waals surface area (Å²) < 4.78 is 13.4. The second-order valence-electron chi connectivity index (χ2n) is 4.68. The molecule has 2 atom stereocenters. The Morgan fingerprint density at radius 1 is 1.21 bits per heavy atom. The molecule has 2 rings (SSSR count). The van der Waals surface area contributed by atoms with Crippen LogP contribution in [-0.4, -0.2) is 23.6 Å². The second-order valence-corrected chi connectivity index (χ2v) is 4.68. The van der Waals surface area contributed by atoms with Gasteiger partial charge >= 0.3 is 0 Å².